The van der Waals surface area contributed by atoms with Crippen LogP contribution in [0.2, 0.25) is 0 Å². The summed E-state index contributed by atoms with van der Waals surface area (Å²) in [6.07, 6.45) is 3.70. The molecule has 0 radical (unpaired) electrons. The number of carbonyl (C=O) groups is 1. The molecule has 3 nitrogen and oxygen atoms in total. The van der Waals surface area contributed by atoms with Crippen LogP contribution in [0, 0.1) is 0 Å². The fourth-order valence-corrected chi connectivity index (χ4v) is 2.28. The van der Waals surface area contributed by atoms with Gasteiger partial charge >= 0.3 is 5.97 Å². The van der Waals surface area contributed by atoms with E-state index >= 15 is 0 Å². The molecule has 0 unspecified atom stereocenters. The number of nitrogens with one attached hydrogen (secondary N) is 1. The van der Waals surface area contributed by atoms with Gasteiger partial charge in [0.25, 0.3) is 0 Å². The first-order valence-corrected chi connectivity index (χ1v) is 6.43. The zero-order valence-electron chi connectivity index (χ0n) is 8.71. The molecular formula is C10H19NO2S. The van der Waals surface area contributed by atoms with Gasteiger partial charge in [0.15, 0.2) is 0 Å². The largest absolute Gasteiger partial charge is 0.480 e. The van der Waals surface area contributed by atoms with Crippen molar-refractivity contribution in [3.8, 4) is 0 Å². The SMILES string of the molecule is CCSCCCNC1(C(=O)O)CCC1. The number of thioether (sulfide) groups is 1. The Morgan fingerprint density at radius 1 is 1.57 bits per heavy atom. The average molecular weight is 217 g/mol. The van der Waals surface area contributed by atoms with E-state index in [1.165, 1.54) is 0 Å². The summed E-state index contributed by atoms with van der Waals surface area (Å²) in [5, 5.41) is 12.2. The van der Waals surface area contributed by atoms with Crippen LogP contribution in [0.1, 0.15) is 32.6 Å². The van der Waals surface area contributed by atoms with Crippen LogP contribution in [0.25, 0.3) is 0 Å². The van der Waals surface area contributed by atoms with E-state index in [1.54, 1.807) is 0 Å². The van der Waals surface area contributed by atoms with Crippen molar-refractivity contribution in [3.05, 3.63) is 0 Å². The molecule has 1 aliphatic rings. The summed E-state index contributed by atoms with van der Waals surface area (Å²) in [4.78, 5) is 11.0. The van der Waals surface area contributed by atoms with Crippen LogP contribution in [0.4, 0.5) is 0 Å². The molecular weight excluding hydrogens is 198 g/mol. The second kappa shape index (κ2) is 5.61. The molecule has 0 bridgehead atoms. The second-order valence-electron chi connectivity index (χ2n) is 3.72. The summed E-state index contributed by atoms with van der Waals surface area (Å²) in [6, 6.07) is 0. The summed E-state index contributed by atoms with van der Waals surface area (Å²) >= 11 is 1.91. The minimum atomic E-state index is -0.674. The monoisotopic (exact) mass is 217 g/mol. The van der Waals surface area contributed by atoms with Crippen molar-refractivity contribution in [1.29, 1.82) is 0 Å². The number of carboxylic acids is 1. The van der Waals surface area contributed by atoms with Gasteiger partial charge < -0.3 is 10.4 Å². The van der Waals surface area contributed by atoms with Crippen molar-refractivity contribution in [2.75, 3.05) is 18.1 Å². The zero-order chi connectivity index (χ0) is 10.4. The summed E-state index contributed by atoms with van der Waals surface area (Å²) in [5.41, 5.74) is -0.573. The van der Waals surface area contributed by atoms with Crippen LogP contribution in [0.3, 0.4) is 0 Å². The Kier molecular flexibility index (Phi) is 4.75. The molecule has 0 heterocycles. The quantitative estimate of drug-likeness (QED) is 0.638. The van der Waals surface area contributed by atoms with Gasteiger partial charge in [0, 0.05) is 0 Å². The van der Waals surface area contributed by atoms with Crippen molar-refractivity contribution in [2.45, 2.75) is 38.1 Å². The van der Waals surface area contributed by atoms with Gasteiger partial charge in [0.05, 0.1) is 0 Å². The van der Waals surface area contributed by atoms with Gasteiger partial charge in [-0.15, -0.1) is 0 Å². The topological polar surface area (TPSA) is 49.3 Å². The van der Waals surface area contributed by atoms with Gasteiger partial charge in [-0.3, -0.25) is 4.79 Å². The van der Waals surface area contributed by atoms with Crippen molar-refractivity contribution in [1.82, 2.24) is 5.32 Å². The van der Waals surface area contributed by atoms with E-state index in [1.807, 2.05) is 11.8 Å². The van der Waals surface area contributed by atoms with Gasteiger partial charge in [-0.25, -0.2) is 0 Å². The van der Waals surface area contributed by atoms with Crippen molar-refractivity contribution in [2.24, 2.45) is 0 Å². The third-order valence-corrected chi connectivity index (χ3v) is 3.74. The normalized spacial score (nSPS) is 18.9. The predicted octanol–water partition coefficient (Wildman–Crippen LogP) is 1.73. The fraction of sp³-hybridized carbons (Fsp3) is 0.900. The minimum absolute atomic E-state index is 0.573. The van der Waals surface area contributed by atoms with Crippen molar-refractivity contribution in [3.63, 3.8) is 0 Å². The molecule has 0 atom stereocenters. The highest BCUT2D eigenvalue weighted by molar-refractivity contribution is 7.99. The van der Waals surface area contributed by atoms with Crippen LogP contribution >= 0.6 is 11.8 Å². The lowest BCUT2D eigenvalue weighted by molar-refractivity contribution is -0.148. The number of hydrogen-bond donors (Lipinski definition) is 2. The molecule has 1 aliphatic carbocycles. The Hall–Kier alpha value is -0.220. The molecule has 1 rings (SSSR count). The second-order valence-corrected chi connectivity index (χ2v) is 5.11. The Bertz CT molecular complexity index is 193. The Balaban J connectivity index is 2.12. The first-order valence-electron chi connectivity index (χ1n) is 5.27. The maximum absolute atomic E-state index is 11.0. The molecule has 0 aromatic carbocycles. The van der Waals surface area contributed by atoms with Crippen LogP contribution in [-0.2, 0) is 4.79 Å². The minimum Gasteiger partial charge on any atom is -0.480 e. The fourth-order valence-electron chi connectivity index (χ4n) is 1.64. The van der Waals surface area contributed by atoms with E-state index in [4.69, 9.17) is 5.11 Å². The summed E-state index contributed by atoms with van der Waals surface area (Å²) < 4.78 is 0. The molecule has 0 aromatic rings. The molecule has 2 N–H and O–H groups in total. The van der Waals surface area contributed by atoms with Gasteiger partial charge in [-0.2, -0.15) is 11.8 Å². The highest BCUT2D eigenvalue weighted by Crippen LogP contribution is 2.31. The van der Waals surface area contributed by atoms with E-state index in [-0.39, 0.29) is 0 Å². The molecule has 14 heavy (non-hydrogen) atoms. The van der Waals surface area contributed by atoms with Crippen LogP contribution < -0.4 is 5.32 Å². The first-order chi connectivity index (χ1) is 6.71. The molecule has 0 amide bonds. The molecule has 0 spiro atoms. The third-order valence-electron chi connectivity index (χ3n) is 2.75. The highest BCUT2D eigenvalue weighted by Gasteiger charge is 2.43. The highest BCUT2D eigenvalue weighted by atomic mass is 32.2. The van der Waals surface area contributed by atoms with Crippen LogP contribution in [0.5, 0.6) is 0 Å². The standard InChI is InChI=1S/C10H19NO2S/c1-2-14-8-4-7-11-10(9(12)13)5-3-6-10/h11H,2-8H2,1H3,(H,12,13). The molecule has 0 aromatic heterocycles. The van der Waals surface area contributed by atoms with Gasteiger partial charge in [0.2, 0.25) is 0 Å². The molecule has 0 aliphatic heterocycles. The average Bonchev–Trinajstić information content (AvgIpc) is 2.07. The summed E-state index contributed by atoms with van der Waals surface area (Å²) in [5.74, 6) is 1.59. The third kappa shape index (κ3) is 2.89. The smallest absolute Gasteiger partial charge is 0.323 e. The van der Waals surface area contributed by atoms with Crippen molar-refractivity contribution >= 4 is 17.7 Å². The lowest BCUT2D eigenvalue weighted by atomic mass is 9.77. The lowest BCUT2D eigenvalue weighted by Crippen LogP contribution is -2.57. The van der Waals surface area contributed by atoms with Gasteiger partial charge in [-0.05, 0) is 43.7 Å². The number of aliphatic carboxylic acids is 1. The van der Waals surface area contributed by atoms with Crippen LogP contribution in [0.15, 0.2) is 0 Å². The predicted molar refractivity (Wildman–Crippen MR) is 59.8 cm³/mol. The van der Waals surface area contributed by atoms with Gasteiger partial charge in [-0.1, -0.05) is 6.92 Å². The lowest BCUT2D eigenvalue weighted by Gasteiger charge is -2.38. The van der Waals surface area contributed by atoms with Crippen molar-refractivity contribution < 1.29 is 9.90 Å². The van der Waals surface area contributed by atoms with E-state index < -0.39 is 11.5 Å². The van der Waals surface area contributed by atoms with Crippen LogP contribution in [-0.4, -0.2) is 34.7 Å². The summed E-state index contributed by atoms with van der Waals surface area (Å²) in [7, 11) is 0. The first kappa shape index (κ1) is 11.9. The Morgan fingerprint density at radius 3 is 2.71 bits per heavy atom. The number of hydrogen-bond acceptors (Lipinski definition) is 3. The molecule has 1 saturated carbocycles. The van der Waals surface area contributed by atoms with E-state index in [9.17, 15) is 4.79 Å². The molecule has 1 fully saturated rings. The van der Waals surface area contributed by atoms with E-state index in [0.29, 0.717) is 0 Å². The van der Waals surface area contributed by atoms with Gasteiger partial charge in [0.1, 0.15) is 5.54 Å². The zero-order valence-corrected chi connectivity index (χ0v) is 9.53. The van der Waals surface area contributed by atoms with E-state index in [2.05, 4.69) is 12.2 Å². The maximum Gasteiger partial charge on any atom is 0.323 e. The molecule has 82 valence electrons. The maximum atomic E-state index is 11.0. The molecule has 4 heteroatoms. The Morgan fingerprint density at radius 2 is 2.29 bits per heavy atom. The summed E-state index contributed by atoms with van der Waals surface area (Å²) in [6.45, 7) is 2.97. The number of carboxylic acid groups (broad SMARTS) is 1. The Labute approximate surface area is 89.6 Å². The van der Waals surface area contributed by atoms with E-state index in [0.717, 1.165) is 43.7 Å². The number of rotatable bonds is 7. The molecule has 0 saturated heterocycles.